The molecule has 5 aromatic rings. The van der Waals surface area contributed by atoms with Crippen molar-refractivity contribution >= 4 is 28.0 Å². The molecule has 0 bridgehead atoms. The van der Waals surface area contributed by atoms with Crippen LogP contribution in [0, 0.1) is 18.8 Å². The zero-order valence-corrected chi connectivity index (χ0v) is 24.1. The van der Waals surface area contributed by atoms with Gasteiger partial charge in [0.05, 0.1) is 22.1 Å². The van der Waals surface area contributed by atoms with E-state index in [1.165, 1.54) is 0 Å². The third-order valence-electron chi connectivity index (χ3n) is 6.25. The molecule has 2 heterocycles. The number of aryl methyl sites for hydroxylation is 3. The molecule has 5 rings (SSSR count). The van der Waals surface area contributed by atoms with Gasteiger partial charge in [-0.2, -0.15) is 0 Å². The summed E-state index contributed by atoms with van der Waals surface area (Å²) >= 11 is 0. The number of aliphatic carboxylic acids is 1. The number of carboxylic acid groups (broad SMARTS) is 1. The molecule has 0 fully saturated rings. The van der Waals surface area contributed by atoms with Crippen LogP contribution in [-0.4, -0.2) is 25.1 Å². The standard InChI is InChI=1S/C29H26N4O2.K/c1-4-7-26-31-28-19(2)16-22(29-30-23-8-5-6-9-24(23)32(29)3)17-25(28)33(26)18-21-12-10-20(11-13-21)14-15-27(34)35;/h5-6,8-13,16-17H,4,7,18H2,1-3H3,(H,34,35);/q;+1/p-1. The minimum Gasteiger partial charge on any atom is -0.537 e. The number of imidazole rings is 2. The maximum atomic E-state index is 10.6. The number of rotatable bonds is 5. The molecule has 0 aliphatic carbocycles. The number of carbonyl (C=O) groups excluding carboxylic acids is 1. The Morgan fingerprint density at radius 1 is 1.03 bits per heavy atom. The first-order valence-corrected chi connectivity index (χ1v) is 11.7. The van der Waals surface area contributed by atoms with Gasteiger partial charge in [-0.1, -0.05) is 37.1 Å². The average Bonchev–Trinajstić information content (AvgIpc) is 3.37. The Morgan fingerprint density at radius 3 is 2.47 bits per heavy atom. The summed E-state index contributed by atoms with van der Waals surface area (Å²) in [4.78, 5) is 20.5. The Hall–Kier alpha value is -2.73. The molecule has 0 aliphatic heterocycles. The second-order valence-electron chi connectivity index (χ2n) is 8.74. The Morgan fingerprint density at radius 2 is 1.78 bits per heavy atom. The van der Waals surface area contributed by atoms with Crippen LogP contribution in [0.5, 0.6) is 0 Å². The van der Waals surface area contributed by atoms with Crippen molar-refractivity contribution in [1.82, 2.24) is 19.1 Å². The monoisotopic (exact) mass is 500 g/mol. The third kappa shape index (κ3) is 5.19. The van der Waals surface area contributed by atoms with Gasteiger partial charge in [0.15, 0.2) is 0 Å². The van der Waals surface area contributed by atoms with Gasteiger partial charge in [-0.3, -0.25) is 0 Å². The summed E-state index contributed by atoms with van der Waals surface area (Å²) in [6.07, 6.45) is 1.88. The molecule has 0 amide bonds. The van der Waals surface area contributed by atoms with Crippen LogP contribution < -0.4 is 56.5 Å². The van der Waals surface area contributed by atoms with E-state index in [0.717, 1.165) is 63.2 Å². The number of carboxylic acids is 1. The topological polar surface area (TPSA) is 75.8 Å². The van der Waals surface area contributed by atoms with Gasteiger partial charge in [0, 0.05) is 31.1 Å². The SMILES string of the molecule is CCCc1nc2c(C)cc(-c3nc4ccccc4n3C)cc2n1Cc1ccc(C#CC(=O)[O-])cc1.[K+]. The maximum Gasteiger partial charge on any atom is 1.00 e. The van der Waals surface area contributed by atoms with E-state index in [1.54, 1.807) is 0 Å². The van der Waals surface area contributed by atoms with E-state index in [1.807, 2.05) is 42.5 Å². The van der Waals surface area contributed by atoms with Gasteiger partial charge < -0.3 is 19.0 Å². The molecule has 0 aliphatic rings. The Balaban J connectivity index is 0.00000304. The Bertz CT molecular complexity index is 1640. The van der Waals surface area contributed by atoms with Gasteiger partial charge in [0.1, 0.15) is 17.6 Å². The van der Waals surface area contributed by atoms with Crippen LogP contribution in [0.4, 0.5) is 0 Å². The zero-order valence-electron chi connectivity index (χ0n) is 21.0. The fourth-order valence-electron chi connectivity index (χ4n) is 4.56. The number of aromatic nitrogens is 4. The molecule has 0 N–H and O–H groups in total. The summed E-state index contributed by atoms with van der Waals surface area (Å²) in [6, 6.07) is 20.1. The number of nitrogens with zero attached hydrogens (tertiary/aromatic N) is 4. The maximum absolute atomic E-state index is 10.6. The predicted molar refractivity (Wildman–Crippen MR) is 136 cm³/mol. The summed E-state index contributed by atoms with van der Waals surface area (Å²) in [7, 11) is 2.05. The van der Waals surface area contributed by atoms with Crippen molar-refractivity contribution in [3.8, 4) is 23.2 Å². The second kappa shape index (κ2) is 11.1. The molecule has 36 heavy (non-hydrogen) atoms. The summed E-state index contributed by atoms with van der Waals surface area (Å²) in [5.41, 5.74) is 8.07. The van der Waals surface area contributed by atoms with Gasteiger partial charge in [-0.25, -0.2) is 9.97 Å². The molecular weight excluding hydrogens is 475 g/mol. The number of para-hydroxylation sites is 2. The van der Waals surface area contributed by atoms with E-state index in [2.05, 4.69) is 60.1 Å². The van der Waals surface area contributed by atoms with Gasteiger partial charge in [0.2, 0.25) is 0 Å². The molecule has 0 atom stereocenters. The fraction of sp³-hybridized carbons (Fsp3) is 0.207. The predicted octanol–water partition coefficient (Wildman–Crippen LogP) is 1.00. The average molecular weight is 501 g/mol. The van der Waals surface area contributed by atoms with Gasteiger partial charge in [0.25, 0.3) is 0 Å². The zero-order chi connectivity index (χ0) is 24.5. The molecule has 0 unspecified atom stereocenters. The molecule has 0 spiro atoms. The Kier molecular flexibility index (Phi) is 8.13. The normalized spacial score (nSPS) is 10.8. The van der Waals surface area contributed by atoms with Crippen LogP contribution in [0.3, 0.4) is 0 Å². The van der Waals surface area contributed by atoms with Gasteiger partial charge in [-0.15, -0.1) is 0 Å². The van der Waals surface area contributed by atoms with Gasteiger partial charge in [-0.05, 0) is 66.8 Å². The molecule has 2 aromatic heterocycles. The second-order valence-corrected chi connectivity index (χ2v) is 8.74. The molecule has 3 aromatic carbocycles. The van der Waals surface area contributed by atoms with E-state index in [9.17, 15) is 9.90 Å². The van der Waals surface area contributed by atoms with E-state index < -0.39 is 5.97 Å². The number of carbonyl (C=O) groups is 1. The molecule has 7 heteroatoms. The van der Waals surface area contributed by atoms with E-state index in [0.29, 0.717) is 12.1 Å². The summed E-state index contributed by atoms with van der Waals surface area (Å²) in [5.74, 6) is 5.25. The van der Waals surface area contributed by atoms with Crippen molar-refractivity contribution in [2.24, 2.45) is 7.05 Å². The Labute approximate surface area is 252 Å². The van der Waals surface area contributed by atoms with Crippen molar-refractivity contribution in [2.45, 2.75) is 33.2 Å². The molecule has 0 saturated heterocycles. The van der Waals surface area contributed by atoms with Crippen molar-refractivity contribution in [1.29, 1.82) is 0 Å². The first-order valence-electron chi connectivity index (χ1n) is 11.7. The minimum absolute atomic E-state index is 0. The molecule has 0 saturated carbocycles. The van der Waals surface area contributed by atoms with Crippen LogP contribution in [0.25, 0.3) is 33.5 Å². The minimum atomic E-state index is -1.38. The smallest absolute Gasteiger partial charge is 0.537 e. The molecule has 6 nitrogen and oxygen atoms in total. The molecule has 174 valence electrons. The van der Waals surface area contributed by atoms with E-state index in [-0.39, 0.29) is 51.4 Å². The fourth-order valence-corrected chi connectivity index (χ4v) is 4.56. The van der Waals surface area contributed by atoms with Crippen molar-refractivity contribution in [2.75, 3.05) is 0 Å². The number of hydrogen-bond donors (Lipinski definition) is 0. The quantitative estimate of drug-likeness (QED) is 0.267. The van der Waals surface area contributed by atoms with Gasteiger partial charge >= 0.3 is 51.4 Å². The third-order valence-corrected chi connectivity index (χ3v) is 6.25. The molecule has 0 radical (unpaired) electrons. The van der Waals surface area contributed by atoms with E-state index in [4.69, 9.17) is 9.97 Å². The number of hydrogen-bond acceptors (Lipinski definition) is 4. The van der Waals surface area contributed by atoms with Crippen LogP contribution in [0.2, 0.25) is 0 Å². The van der Waals surface area contributed by atoms with Crippen LogP contribution in [-0.2, 0) is 24.8 Å². The summed E-state index contributed by atoms with van der Waals surface area (Å²) in [5, 5.41) is 10.6. The van der Waals surface area contributed by atoms with Crippen LogP contribution >= 0.6 is 0 Å². The van der Waals surface area contributed by atoms with Crippen molar-refractivity contribution < 1.29 is 61.3 Å². The van der Waals surface area contributed by atoms with Crippen molar-refractivity contribution in [3.63, 3.8) is 0 Å². The van der Waals surface area contributed by atoms with Crippen LogP contribution in [0.1, 0.15) is 35.9 Å². The summed E-state index contributed by atoms with van der Waals surface area (Å²) in [6.45, 7) is 4.92. The van der Waals surface area contributed by atoms with Crippen molar-refractivity contribution in [3.05, 3.63) is 83.2 Å². The van der Waals surface area contributed by atoms with Crippen LogP contribution in [0.15, 0.2) is 60.7 Å². The molecular formula is C29H25KN4O2. The first kappa shape index (κ1) is 26.3. The summed E-state index contributed by atoms with van der Waals surface area (Å²) < 4.78 is 4.41. The number of fused-ring (bicyclic) bond motifs is 2. The first-order chi connectivity index (χ1) is 16.9. The number of benzene rings is 3. The van der Waals surface area contributed by atoms with E-state index >= 15 is 0 Å². The largest absolute Gasteiger partial charge is 1.00 e.